The van der Waals surface area contributed by atoms with E-state index < -0.39 is 21.2 Å². The van der Waals surface area contributed by atoms with Gasteiger partial charge in [0.1, 0.15) is 10.4 Å². The molecule has 7 heteroatoms. The molecule has 1 heterocycles. The van der Waals surface area contributed by atoms with E-state index in [1.807, 2.05) is 20.8 Å². The van der Waals surface area contributed by atoms with E-state index in [0.717, 1.165) is 0 Å². The van der Waals surface area contributed by atoms with Gasteiger partial charge in [0.05, 0.1) is 16.4 Å². The molecule has 126 valence electrons. The van der Waals surface area contributed by atoms with Gasteiger partial charge in [0.15, 0.2) is 15.4 Å². The third-order valence-corrected chi connectivity index (χ3v) is 6.89. The van der Waals surface area contributed by atoms with E-state index in [-0.39, 0.29) is 27.3 Å². The lowest BCUT2D eigenvalue weighted by Crippen LogP contribution is -2.20. The highest BCUT2D eigenvalue weighted by molar-refractivity contribution is 7.92. The molecule has 0 spiro atoms. The zero-order valence-electron chi connectivity index (χ0n) is 13.3. The average Bonchev–Trinajstić information content (AvgIpc) is 3.03. The monoisotopic (exact) mass is 357 g/mol. The molecule has 0 radical (unpaired) electrons. The number of benzene rings is 1. The molecule has 1 aromatic carbocycles. The zero-order valence-corrected chi connectivity index (χ0v) is 14.9. The second-order valence-electron chi connectivity index (χ2n) is 7.13. The molecule has 1 fully saturated rings. The average molecular weight is 358 g/mol. The van der Waals surface area contributed by atoms with Crippen molar-refractivity contribution in [1.29, 1.82) is 0 Å². The molecule has 0 amide bonds. The number of aliphatic hydroxyl groups excluding tert-OH is 1. The van der Waals surface area contributed by atoms with Crippen LogP contribution in [0.1, 0.15) is 45.9 Å². The number of nitrogens with zero attached hydrogens (tertiary/aromatic N) is 1. The summed E-state index contributed by atoms with van der Waals surface area (Å²) in [7, 11) is -3.69. The van der Waals surface area contributed by atoms with E-state index in [9.17, 15) is 13.5 Å². The van der Waals surface area contributed by atoms with Gasteiger partial charge in [0, 0.05) is 5.41 Å². The van der Waals surface area contributed by atoms with Crippen LogP contribution in [0.2, 0.25) is 5.02 Å². The van der Waals surface area contributed by atoms with Crippen molar-refractivity contribution >= 4 is 32.5 Å². The van der Waals surface area contributed by atoms with Crippen LogP contribution >= 0.6 is 11.6 Å². The first-order chi connectivity index (χ1) is 10.6. The molecule has 23 heavy (non-hydrogen) atoms. The minimum absolute atomic E-state index is 0.00114. The number of oxazole rings is 1. The van der Waals surface area contributed by atoms with Gasteiger partial charge in [-0.1, -0.05) is 32.4 Å². The molecule has 1 aliphatic rings. The van der Waals surface area contributed by atoms with Crippen molar-refractivity contribution in [2.75, 3.05) is 0 Å². The Morgan fingerprint density at radius 1 is 1.30 bits per heavy atom. The number of sulfone groups is 1. The third-order valence-electron chi connectivity index (χ3n) is 4.19. The van der Waals surface area contributed by atoms with Gasteiger partial charge < -0.3 is 9.52 Å². The normalized spacial score (nSPS) is 22.8. The van der Waals surface area contributed by atoms with Gasteiger partial charge >= 0.3 is 0 Å². The van der Waals surface area contributed by atoms with E-state index in [1.165, 1.54) is 6.07 Å². The molecular formula is C16H20ClNO4S. The second-order valence-corrected chi connectivity index (χ2v) is 9.70. The van der Waals surface area contributed by atoms with E-state index in [2.05, 4.69) is 4.98 Å². The summed E-state index contributed by atoms with van der Waals surface area (Å²) in [6, 6.07) is 3.20. The van der Waals surface area contributed by atoms with Crippen LogP contribution in [0.15, 0.2) is 21.4 Å². The Morgan fingerprint density at radius 3 is 2.57 bits per heavy atom. The van der Waals surface area contributed by atoms with E-state index >= 15 is 0 Å². The summed E-state index contributed by atoms with van der Waals surface area (Å²) in [6.07, 6.45) is 0.569. The fourth-order valence-corrected chi connectivity index (χ4v) is 5.37. The van der Waals surface area contributed by atoms with Crippen LogP contribution in [-0.4, -0.2) is 29.9 Å². The van der Waals surface area contributed by atoms with Gasteiger partial charge in [0.25, 0.3) is 0 Å². The topological polar surface area (TPSA) is 80.4 Å². The Balaban J connectivity index is 2.20. The largest absolute Gasteiger partial charge is 0.439 e. The zero-order chi connectivity index (χ0) is 17.0. The van der Waals surface area contributed by atoms with Crippen molar-refractivity contribution in [2.24, 2.45) is 0 Å². The number of rotatable bonds is 2. The van der Waals surface area contributed by atoms with Crippen molar-refractivity contribution in [2.45, 2.75) is 61.7 Å². The van der Waals surface area contributed by atoms with Crippen LogP contribution in [0.3, 0.4) is 0 Å². The lowest BCUT2D eigenvalue weighted by Gasteiger charge is -2.13. The molecule has 0 bridgehead atoms. The van der Waals surface area contributed by atoms with Gasteiger partial charge in [-0.15, -0.1) is 0 Å². The van der Waals surface area contributed by atoms with E-state index in [1.54, 1.807) is 6.07 Å². The number of fused-ring (bicyclic) bond motifs is 1. The highest BCUT2D eigenvalue weighted by Crippen LogP contribution is 2.38. The molecule has 1 saturated carbocycles. The molecule has 2 aromatic rings. The maximum atomic E-state index is 13.0. The first-order valence-electron chi connectivity index (χ1n) is 7.62. The SMILES string of the molecule is CC(C)(C)c1nc2ccc(Cl)c(S(=O)(=O)[C@@H]3CCC(O)C3)c2o1. The summed E-state index contributed by atoms with van der Waals surface area (Å²) in [6.45, 7) is 5.84. The van der Waals surface area contributed by atoms with Crippen LogP contribution in [-0.2, 0) is 15.3 Å². The Bertz CT molecular complexity index is 851. The van der Waals surface area contributed by atoms with Crippen LogP contribution in [0.4, 0.5) is 0 Å². The molecule has 0 aliphatic heterocycles. The van der Waals surface area contributed by atoms with Crippen molar-refractivity contribution in [1.82, 2.24) is 4.98 Å². The van der Waals surface area contributed by atoms with Crippen molar-refractivity contribution in [3.63, 3.8) is 0 Å². The number of halogens is 1. The Labute approximate surface area is 140 Å². The Morgan fingerprint density at radius 2 is 2.00 bits per heavy atom. The van der Waals surface area contributed by atoms with Gasteiger partial charge in [-0.2, -0.15) is 0 Å². The second kappa shape index (κ2) is 5.46. The molecule has 3 rings (SSSR count). The number of hydrogen-bond donors (Lipinski definition) is 1. The first kappa shape index (κ1) is 16.7. The number of aliphatic hydroxyl groups is 1. The number of aromatic nitrogens is 1. The predicted molar refractivity (Wildman–Crippen MR) is 88.6 cm³/mol. The maximum Gasteiger partial charge on any atom is 0.200 e. The first-order valence-corrected chi connectivity index (χ1v) is 9.54. The lowest BCUT2D eigenvalue weighted by molar-refractivity contribution is 0.183. The van der Waals surface area contributed by atoms with Crippen LogP contribution in [0.25, 0.3) is 11.1 Å². The molecular weight excluding hydrogens is 338 g/mol. The van der Waals surface area contributed by atoms with Crippen LogP contribution < -0.4 is 0 Å². The fourth-order valence-electron chi connectivity index (χ4n) is 2.90. The minimum Gasteiger partial charge on any atom is -0.439 e. The van der Waals surface area contributed by atoms with E-state index in [4.69, 9.17) is 16.0 Å². The fraction of sp³-hybridized carbons (Fsp3) is 0.562. The summed E-state index contributed by atoms with van der Waals surface area (Å²) in [5.41, 5.74) is 0.357. The van der Waals surface area contributed by atoms with Gasteiger partial charge in [-0.3, -0.25) is 0 Å². The summed E-state index contributed by atoms with van der Waals surface area (Å²) in [4.78, 5) is 4.40. The summed E-state index contributed by atoms with van der Waals surface area (Å²) >= 11 is 6.20. The quantitative estimate of drug-likeness (QED) is 0.890. The maximum absolute atomic E-state index is 13.0. The molecule has 2 atom stereocenters. The minimum atomic E-state index is -3.69. The van der Waals surface area contributed by atoms with Crippen molar-refractivity contribution in [3.8, 4) is 0 Å². The molecule has 1 unspecified atom stereocenters. The van der Waals surface area contributed by atoms with Gasteiger partial charge in [0.2, 0.25) is 5.89 Å². The Hall–Kier alpha value is -1.11. The molecule has 0 saturated heterocycles. The van der Waals surface area contributed by atoms with Crippen LogP contribution in [0.5, 0.6) is 0 Å². The highest BCUT2D eigenvalue weighted by Gasteiger charge is 2.38. The van der Waals surface area contributed by atoms with Gasteiger partial charge in [-0.05, 0) is 31.4 Å². The lowest BCUT2D eigenvalue weighted by atomic mass is 9.97. The van der Waals surface area contributed by atoms with Crippen molar-refractivity contribution < 1.29 is 17.9 Å². The number of hydrogen-bond acceptors (Lipinski definition) is 5. The molecule has 5 nitrogen and oxygen atoms in total. The molecule has 1 aromatic heterocycles. The molecule has 1 N–H and O–H groups in total. The molecule has 1 aliphatic carbocycles. The summed E-state index contributed by atoms with van der Waals surface area (Å²) in [5.74, 6) is 0.470. The van der Waals surface area contributed by atoms with Gasteiger partial charge in [-0.25, -0.2) is 13.4 Å². The highest BCUT2D eigenvalue weighted by atomic mass is 35.5. The smallest absolute Gasteiger partial charge is 0.200 e. The van der Waals surface area contributed by atoms with Crippen molar-refractivity contribution in [3.05, 3.63) is 23.0 Å². The standard InChI is InChI=1S/C16H20ClNO4S/c1-16(2,3)15-18-12-7-6-11(17)14(13(12)22-15)23(20,21)10-5-4-9(19)8-10/h6-7,9-10,19H,4-5,8H2,1-3H3/t9?,10-/m1/s1. The third kappa shape index (κ3) is 2.88. The summed E-state index contributed by atoms with van der Waals surface area (Å²) < 4.78 is 31.8. The van der Waals surface area contributed by atoms with Crippen LogP contribution in [0, 0.1) is 0 Å². The van der Waals surface area contributed by atoms with E-state index in [0.29, 0.717) is 24.2 Å². The Kier molecular flexibility index (Phi) is 3.98. The predicted octanol–water partition coefficient (Wildman–Crippen LogP) is 3.47. The summed E-state index contributed by atoms with van der Waals surface area (Å²) in [5, 5.41) is 9.17.